The molecule has 0 aromatic heterocycles. The zero-order valence-corrected chi connectivity index (χ0v) is 17.3. The molecule has 0 spiro atoms. The molecule has 0 fully saturated rings. The van der Waals surface area contributed by atoms with Crippen molar-refractivity contribution in [1.29, 1.82) is 0 Å². The Bertz CT molecular complexity index is 936. The average molecular weight is 402 g/mol. The summed E-state index contributed by atoms with van der Waals surface area (Å²) < 4.78 is 5.74. The molecule has 0 unspecified atom stereocenters. The highest BCUT2D eigenvalue weighted by Gasteiger charge is 2.05. The molecule has 30 heavy (non-hydrogen) atoms. The van der Waals surface area contributed by atoms with E-state index in [9.17, 15) is 4.79 Å². The lowest BCUT2D eigenvalue weighted by Crippen LogP contribution is -2.11. The Hall–Kier alpha value is -3.47. The van der Waals surface area contributed by atoms with E-state index >= 15 is 0 Å². The summed E-state index contributed by atoms with van der Waals surface area (Å²) in [5, 5.41) is 11.3. The molecular formula is C25H27N3O2. The smallest absolute Gasteiger partial charge is 0.255 e. The van der Waals surface area contributed by atoms with Crippen LogP contribution < -0.4 is 10.1 Å². The van der Waals surface area contributed by atoms with E-state index in [0.29, 0.717) is 11.3 Å². The van der Waals surface area contributed by atoms with Gasteiger partial charge in [0.2, 0.25) is 0 Å². The molecule has 1 N–H and O–H groups in total. The maximum Gasteiger partial charge on any atom is 0.255 e. The third kappa shape index (κ3) is 6.85. The van der Waals surface area contributed by atoms with Gasteiger partial charge in [-0.2, -0.15) is 10.2 Å². The third-order valence-corrected chi connectivity index (χ3v) is 4.55. The van der Waals surface area contributed by atoms with Crippen LogP contribution in [0, 0.1) is 0 Å². The fourth-order valence-corrected chi connectivity index (χ4v) is 2.85. The second-order valence-corrected chi connectivity index (χ2v) is 6.97. The second-order valence-electron chi connectivity index (χ2n) is 6.97. The first-order valence-corrected chi connectivity index (χ1v) is 10.4. The Kier molecular flexibility index (Phi) is 8.15. The summed E-state index contributed by atoms with van der Waals surface area (Å²) in [4.78, 5) is 12.3. The van der Waals surface area contributed by atoms with Gasteiger partial charge in [0.05, 0.1) is 18.0 Å². The fourth-order valence-electron chi connectivity index (χ4n) is 2.85. The first-order valence-electron chi connectivity index (χ1n) is 10.4. The molecule has 3 aromatic carbocycles. The highest BCUT2D eigenvalue weighted by molar-refractivity contribution is 6.04. The van der Waals surface area contributed by atoms with Crippen LogP contribution in [0.15, 0.2) is 89.1 Å². The Balaban J connectivity index is 1.50. The standard InChI is InChI=1S/C25H27N3O2/c1-2-3-4-8-19-30-24-17-15-23(16-18-24)28-27-22-13-11-20(12-14-22)25(29)26-21-9-6-5-7-10-21/h5-7,9-18H,2-4,8,19H2,1H3,(H,26,29). The first-order chi connectivity index (χ1) is 14.7. The predicted molar refractivity (Wildman–Crippen MR) is 121 cm³/mol. The largest absolute Gasteiger partial charge is 0.494 e. The Morgan fingerprint density at radius 3 is 2.07 bits per heavy atom. The van der Waals surface area contributed by atoms with Crippen molar-refractivity contribution in [3.63, 3.8) is 0 Å². The minimum absolute atomic E-state index is 0.157. The SMILES string of the molecule is CCCCCCOc1ccc(N=Nc2ccc(C(=O)Nc3ccccc3)cc2)cc1. The summed E-state index contributed by atoms with van der Waals surface area (Å²) in [5.74, 6) is 0.689. The van der Waals surface area contributed by atoms with Crippen LogP contribution in [0.25, 0.3) is 0 Å². The molecule has 0 aliphatic carbocycles. The van der Waals surface area contributed by atoms with Gasteiger partial charge in [0.15, 0.2) is 0 Å². The van der Waals surface area contributed by atoms with Gasteiger partial charge in [-0.3, -0.25) is 4.79 Å². The minimum atomic E-state index is -0.157. The van der Waals surface area contributed by atoms with Crippen LogP contribution in [-0.2, 0) is 0 Å². The number of nitrogens with one attached hydrogen (secondary N) is 1. The number of azo groups is 1. The van der Waals surface area contributed by atoms with E-state index in [0.717, 1.165) is 30.2 Å². The molecule has 0 aliphatic rings. The van der Waals surface area contributed by atoms with Crippen molar-refractivity contribution in [1.82, 2.24) is 0 Å². The number of nitrogens with zero attached hydrogens (tertiary/aromatic N) is 2. The van der Waals surface area contributed by atoms with Crippen LogP contribution in [0.3, 0.4) is 0 Å². The quantitative estimate of drug-likeness (QED) is 0.286. The molecule has 0 saturated heterocycles. The van der Waals surface area contributed by atoms with Gasteiger partial charge in [0.1, 0.15) is 5.75 Å². The van der Waals surface area contributed by atoms with Gasteiger partial charge in [-0.15, -0.1) is 0 Å². The molecule has 0 aliphatic heterocycles. The van der Waals surface area contributed by atoms with E-state index in [2.05, 4.69) is 22.5 Å². The molecule has 0 radical (unpaired) electrons. The number of amides is 1. The predicted octanol–water partition coefficient (Wildman–Crippen LogP) is 7.31. The zero-order chi connectivity index (χ0) is 21.0. The molecule has 5 heteroatoms. The summed E-state index contributed by atoms with van der Waals surface area (Å²) in [7, 11) is 0. The van der Waals surface area contributed by atoms with E-state index in [1.165, 1.54) is 19.3 Å². The van der Waals surface area contributed by atoms with Crippen LogP contribution in [-0.4, -0.2) is 12.5 Å². The van der Waals surface area contributed by atoms with Crippen molar-refractivity contribution in [2.75, 3.05) is 11.9 Å². The maximum atomic E-state index is 12.3. The number of rotatable bonds is 10. The third-order valence-electron chi connectivity index (χ3n) is 4.55. The van der Waals surface area contributed by atoms with Crippen LogP contribution in [0.2, 0.25) is 0 Å². The lowest BCUT2D eigenvalue weighted by atomic mass is 10.2. The van der Waals surface area contributed by atoms with Crippen molar-refractivity contribution in [3.8, 4) is 5.75 Å². The van der Waals surface area contributed by atoms with Gasteiger partial charge in [0.25, 0.3) is 5.91 Å². The van der Waals surface area contributed by atoms with Gasteiger partial charge < -0.3 is 10.1 Å². The number of benzene rings is 3. The number of unbranched alkanes of at least 4 members (excludes halogenated alkanes) is 3. The maximum absolute atomic E-state index is 12.3. The normalized spacial score (nSPS) is 10.8. The molecule has 0 bridgehead atoms. The number of hydrogen-bond donors (Lipinski definition) is 1. The number of para-hydroxylation sites is 1. The van der Waals surface area contributed by atoms with Crippen molar-refractivity contribution in [3.05, 3.63) is 84.4 Å². The summed E-state index contributed by atoms with van der Waals surface area (Å²) in [6.45, 7) is 2.94. The van der Waals surface area contributed by atoms with Crippen LogP contribution in [0.5, 0.6) is 5.75 Å². The van der Waals surface area contributed by atoms with E-state index in [-0.39, 0.29) is 5.91 Å². The van der Waals surface area contributed by atoms with E-state index in [1.807, 2.05) is 54.6 Å². The summed E-state index contributed by atoms with van der Waals surface area (Å²) >= 11 is 0. The molecule has 3 aromatic rings. The summed E-state index contributed by atoms with van der Waals surface area (Å²) in [6, 6.07) is 24.0. The number of ether oxygens (including phenoxy) is 1. The van der Waals surface area contributed by atoms with Crippen LogP contribution >= 0.6 is 0 Å². The Morgan fingerprint density at radius 1 is 0.800 bits per heavy atom. The minimum Gasteiger partial charge on any atom is -0.494 e. The van der Waals surface area contributed by atoms with Crippen LogP contribution in [0.1, 0.15) is 43.0 Å². The molecule has 5 nitrogen and oxygen atoms in total. The summed E-state index contributed by atoms with van der Waals surface area (Å²) in [5.41, 5.74) is 2.76. The highest BCUT2D eigenvalue weighted by Crippen LogP contribution is 2.22. The second kappa shape index (κ2) is 11.5. The van der Waals surface area contributed by atoms with Crippen LogP contribution in [0.4, 0.5) is 17.1 Å². The number of carbonyl (C=O) groups excluding carboxylic acids is 1. The Labute approximate surface area is 177 Å². The number of anilines is 1. The van der Waals surface area contributed by atoms with Crippen molar-refractivity contribution < 1.29 is 9.53 Å². The first kappa shape index (κ1) is 21.2. The van der Waals surface area contributed by atoms with Gasteiger partial charge in [-0.05, 0) is 67.1 Å². The lowest BCUT2D eigenvalue weighted by molar-refractivity contribution is 0.102. The molecule has 0 heterocycles. The molecular weight excluding hydrogens is 374 g/mol. The molecule has 0 atom stereocenters. The highest BCUT2D eigenvalue weighted by atomic mass is 16.5. The van der Waals surface area contributed by atoms with Gasteiger partial charge in [0, 0.05) is 11.3 Å². The molecule has 154 valence electrons. The van der Waals surface area contributed by atoms with Gasteiger partial charge in [-0.1, -0.05) is 44.4 Å². The number of hydrogen-bond acceptors (Lipinski definition) is 4. The monoisotopic (exact) mass is 401 g/mol. The zero-order valence-electron chi connectivity index (χ0n) is 17.3. The topological polar surface area (TPSA) is 63.1 Å². The number of carbonyl (C=O) groups is 1. The van der Waals surface area contributed by atoms with Gasteiger partial charge in [-0.25, -0.2) is 0 Å². The van der Waals surface area contributed by atoms with Crippen molar-refractivity contribution >= 4 is 23.0 Å². The van der Waals surface area contributed by atoms with E-state index in [1.54, 1.807) is 24.3 Å². The van der Waals surface area contributed by atoms with E-state index in [4.69, 9.17) is 4.74 Å². The van der Waals surface area contributed by atoms with Crippen molar-refractivity contribution in [2.24, 2.45) is 10.2 Å². The van der Waals surface area contributed by atoms with E-state index < -0.39 is 0 Å². The molecule has 0 saturated carbocycles. The molecule has 3 rings (SSSR count). The molecule has 1 amide bonds. The lowest BCUT2D eigenvalue weighted by Gasteiger charge is -2.06. The Morgan fingerprint density at radius 2 is 1.43 bits per heavy atom. The van der Waals surface area contributed by atoms with Crippen molar-refractivity contribution in [2.45, 2.75) is 32.6 Å². The van der Waals surface area contributed by atoms with Gasteiger partial charge >= 0.3 is 0 Å². The summed E-state index contributed by atoms with van der Waals surface area (Å²) in [6.07, 6.45) is 4.76. The average Bonchev–Trinajstić information content (AvgIpc) is 2.79. The fraction of sp³-hybridized carbons (Fsp3) is 0.240.